The SMILES string of the molecule is COCc1ccccc1C[Si](C)(C)C. The highest BCUT2D eigenvalue weighted by atomic mass is 28.3. The standard InChI is InChI=1S/C12H20OSi/c1-13-9-11-7-5-6-8-12(11)10-14(2,3)4/h5-8H,9-10H2,1-4H3. The van der Waals surface area contributed by atoms with Crippen LogP contribution in [-0.4, -0.2) is 15.2 Å². The van der Waals surface area contributed by atoms with Crippen LogP contribution in [0.5, 0.6) is 0 Å². The van der Waals surface area contributed by atoms with Crippen LogP contribution in [0.15, 0.2) is 24.3 Å². The molecule has 1 nitrogen and oxygen atoms in total. The van der Waals surface area contributed by atoms with Gasteiger partial charge in [0.1, 0.15) is 0 Å². The first-order valence-electron chi connectivity index (χ1n) is 5.08. The number of methoxy groups -OCH3 is 1. The zero-order valence-corrected chi connectivity index (χ0v) is 10.6. The molecule has 0 spiro atoms. The molecule has 2 heteroatoms. The fourth-order valence-corrected chi connectivity index (χ4v) is 3.09. The van der Waals surface area contributed by atoms with Crippen molar-refractivity contribution in [2.45, 2.75) is 32.3 Å². The van der Waals surface area contributed by atoms with E-state index in [9.17, 15) is 0 Å². The molecule has 0 saturated heterocycles. The molecule has 1 aromatic rings. The van der Waals surface area contributed by atoms with Gasteiger partial charge >= 0.3 is 0 Å². The molecular formula is C12H20OSi. The van der Waals surface area contributed by atoms with Gasteiger partial charge in [-0.1, -0.05) is 43.9 Å². The van der Waals surface area contributed by atoms with Crippen LogP contribution in [0.3, 0.4) is 0 Å². The lowest BCUT2D eigenvalue weighted by Gasteiger charge is -2.18. The predicted octanol–water partition coefficient (Wildman–Crippen LogP) is 3.25. The topological polar surface area (TPSA) is 9.23 Å². The molecule has 0 N–H and O–H groups in total. The average molecular weight is 208 g/mol. The van der Waals surface area contributed by atoms with Crippen molar-refractivity contribution < 1.29 is 4.74 Å². The lowest BCUT2D eigenvalue weighted by molar-refractivity contribution is 0.184. The molecular weight excluding hydrogens is 188 g/mol. The van der Waals surface area contributed by atoms with Crippen molar-refractivity contribution in [1.82, 2.24) is 0 Å². The second kappa shape index (κ2) is 4.76. The average Bonchev–Trinajstić information content (AvgIpc) is 2.06. The van der Waals surface area contributed by atoms with E-state index in [0.29, 0.717) is 0 Å². The zero-order valence-electron chi connectivity index (χ0n) is 9.63. The van der Waals surface area contributed by atoms with Gasteiger partial charge in [-0.3, -0.25) is 0 Å². The van der Waals surface area contributed by atoms with E-state index in [4.69, 9.17) is 4.74 Å². The molecule has 78 valence electrons. The molecule has 0 fully saturated rings. The molecule has 0 amide bonds. The van der Waals surface area contributed by atoms with Crippen LogP contribution in [0.4, 0.5) is 0 Å². The van der Waals surface area contributed by atoms with Gasteiger partial charge in [0.05, 0.1) is 6.61 Å². The Morgan fingerprint density at radius 1 is 1.07 bits per heavy atom. The van der Waals surface area contributed by atoms with Crippen molar-refractivity contribution in [3.8, 4) is 0 Å². The van der Waals surface area contributed by atoms with Gasteiger partial charge in [0.25, 0.3) is 0 Å². The predicted molar refractivity (Wildman–Crippen MR) is 64.2 cm³/mol. The Kier molecular flexibility index (Phi) is 3.90. The van der Waals surface area contributed by atoms with Gasteiger partial charge in [-0.2, -0.15) is 0 Å². The maximum Gasteiger partial charge on any atom is 0.0715 e. The summed E-state index contributed by atoms with van der Waals surface area (Å²) in [6, 6.07) is 9.84. The van der Waals surface area contributed by atoms with Crippen LogP contribution in [0.2, 0.25) is 19.6 Å². The number of rotatable bonds is 4. The third-order valence-electron chi connectivity index (χ3n) is 2.14. The summed E-state index contributed by atoms with van der Waals surface area (Å²) in [4.78, 5) is 0. The van der Waals surface area contributed by atoms with Gasteiger partial charge in [0, 0.05) is 15.2 Å². The second-order valence-corrected chi connectivity index (χ2v) is 10.4. The van der Waals surface area contributed by atoms with Crippen molar-refractivity contribution in [3.05, 3.63) is 35.4 Å². The lowest BCUT2D eigenvalue weighted by atomic mass is 10.1. The summed E-state index contributed by atoms with van der Waals surface area (Å²) in [5, 5.41) is 0. The van der Waals surface area contributed by atoms with Crippen LogP contribution in [0.25, 0.3) is 0 Å². The molecule has 0 aliphatic carbocycles. The third-order valence-corrected chi connectivity index (χ3v) is 3.58. The van der Waals surface area contributed by atoms with Crippen molar-refractivity contribution in [2.24, 2.45) is 0 Å². The largest absolute Gasteiger partial charge is 0.380 e. The van der Waals surface area contributed by atoms with Crippen molar-refractivity contribution >= 4 is 8.07 Å². The Hall–Kier alpha value is -0.603. The Bertz CT molecular complexity index is 289. The van der Waals surface area contributed by atoms with E-state index in [1.165, 1.54) is 17.2 Å². The Balaban J connectivity index is 2.84. The summed E-state index contributed by atoms with van der Waals surface area (Å²) in [6.45, 7) is 7.93. The van der Waals surface area contributed by atoms with Gasteiger partial charge in [-0.15, -0.1) is 0 Å². The molecule has 0 aliphatic rings. The minimum atomic E-state index is -1.01. The molecule has 0 aromatic heterocycles. The molecule has 0 saturated carbocycles. The molecule has 1 aromatic carbocycles. The minimum absolute atomic E-state index is 0.737. The molecule has 1 rings (SSSR count). The van der Waals surface area contributed by atoms with Gasteiger partial charge < -0.3 is 4.74 Å². The first kappa shape index (κ1) is 11.5. The van der Waals surface area contributed by atoms with Crippen molar-refractivity contribution in [1.29, 1.82) is 0 Å². The fraction of sp³-hybridized carbons (Fsp3) is 0.500. The Morgan fingerprint density at radius 3 is 2.14 bits per heavy atom. The zero-order chi connectivity index (χ0) is 10.6. The van der Waals surface area contributed by atoms with Crippen LogP contribution in [0.1, 0.15) is 11.1 Å². The van der Waals surface area contributed by atoms with E-state index >= 15 is 0 Å². The van der Waals surface area contributed by atoms with Gasteiger partial charge in [-0.05, 0) is 17.2 Å². The highest BCUT2D eigenvalue weighted by Crippen LogP contribution is 2.16. The van der Waals surface area contributed by atoms with Gasteiger partial charge in [0.2, 0.25) is 0 Å². The summed E-state index contributed by atoms with van der Waals surface area (Å²) in [5.41, 5.74) is 2.81. The quantitative estimate of drug-likeness (QED) is 0.690. The number of benzene rings is 1. The number of hydrogen-bond donors (Lipinski definition) is 0. The van der Waals surface area contributed by atoms with E-state index in [-0.39, 0.29) is 0 Å². The van der Waals surface area contributed by atoms with Crippen LogP contribution in [-0.2, 0) is 17.4 Å². The summed E-state index contributed by atoms with van der Waals surface area (Å²) in [5.74, 6) is 0. The molecule has 0 aliphatic heterocycles. The summed E-state index contributed by atoms with van der Waals surface area (Å²) in [6.07, 6.45) is 0. The monoisotopic (exact) mass is 208 g/mol. The second-order valence-electron chi connectivity index (χ2n) is 4.94. The van der Waals surface area contributed by atoms with Crippen LogP contribution in [0, 0.1) is 0 Å². The summed E-state index contributed by atoms with van der Waals surface area (Å²) in [7, 11) is 0.741. The first-order valence-corrected chi connectivity index (χ1v) is 8.79. The minimum Gasteiger partial charge on any atom is -0.380 e. The molecule has 14 heavy (non-hydrogen) atoms. The number of ether oxygens (including phenoxy) is 1. The van der Waals surface area contributed by atoms with Gasteiger partial charge in [0.15, 0.2) is 0 Å². The molecule has 0 bridgehead atoms. The first-order chi connectivity index (χ1) is 6.53. The van der Waals surface area contributed by atoms with E-state index in [1.54, 1.807) is 7.11 Å². The Morgan fingerprint density at radius 2 is 1.64 bits per heavy atom. The van der Waals surface area contributed by atoms with E-state index in [1.807, 2.05) is 0 Å². The molecule has 0 atom stereocenters. The fourth-order valence-electron chi connectivity index (χ4n) is 1.60. The van der Waals surface area contributed by atoms with E-state index < -0.39 is 8.07 Å². The van der Waals surface area contributed by atoms with E-state index in [2.05, 4.69) is 43.9 Å². The Labute approximate surface area is 88.1 Å². The lowest BCUT2D eigenvalue weighted by Crippen LogP contribution is -2.24. The van der Waals surface area contributed by atoms with Crippen molar-refractivity contribution in [3.63, 3.8) is 0 Å². The van der Waals surface area contributed by atoms with E-state index in [0.717, 1.165) is 6.61 Å². The third kappa shape index (κ3) is 3.64. The highest BCUT2D eigenvalue weighted by Gasteiger charge is 2.15. The molecule has 0 unspecified atom stereocenters. The normalized spacial score (nSPS) is 11.7. The van der Waals surface area contributed by atoms with Gasteiger partial charge in [-0.25, -0.2) is 0 Å². The van der Waals surface area contributed by atoms with Crippen LogP contribution < -0.4 is 0 Å². The highest BCUT2D eigenvalue weighted by molar-refractivity contribution is 6.75. The van der Waals surface area contributed by atoms with Crippen molar-refractivity contribution in [2.75, 3.05) is 7.11 Å². The van der Waals surface area contributed by atoms with Crippen LogP contribution >= 0.6 is 0 Å². The molecule has 0 radical (unpaired) electrons. The molecule has 0 heterocycles. The number of hydrogen-bond acceptors (Lipinski definition) is 1. The summed E-state index contributed by atoms with van der Waals surface area (Å²) < 4.78 is 5.20. The smallest absolute Gasteiger partial charge is 0.0715 e. The maximum absolute atomic E-state index is 5.20. The maximum atomic E-state index is 5.20. The summed E-state index contributed by atoms with van der Waals surface area (Å²) >= 11 is 0.